The molecule has 5 nitrogen and oxygen atoms in total. The third-order valence-electron chi connectivity index (χ3n) is 5.46. The number of aromatic hydroxyl groups is 2. The molecule has 0 saturated heterocycles. The van der Waals surface area contributed by atoms with Crippen molar-refractivity contribution >= 4 is 5.97 Å². The second kappa shape index (κ2) is 5.52. The number of fused-ring (bicyclic) bond motifs is 6. The molecule has 0 atom stereocenters. The Morgan fingerprint density at radius 1 is 0.857 bits per heavy atom. The molecule has 5 heteroatoms. The number of carbonyl (C=O) groups excluding carboxylic acids is 1. The molecule has 2 aliphatic heterocycles. The molecule has 3 aromatic carbocycles. The first-order chi connectivity index (χ1) is 13.4. The van der Waals surface area contributed by atoms with Gasteiger partial charge in [-0.3, -0.25) is 0 Å². The van der Waals surface area contributed by atoms with Crippen LogP contribution >= 0.6 is 0 Å². The summed E-state index contributed by atoms with van der Waals surface area (Å²) in [5, 5.41) is 19.9. The van der Waals surface area contributed by atoms with E-state index in [1.165, 1.54) is 12.1 Å². The average Bonchev–Trinajstić information content (AvgIpc) is 2.95. The third kappa shape index (κ3) is 2.04. The highest BCUT2D eigenvalue weighted by Gasteiger charge is 2.54. The SMILES string of the molecule is CC(C)c1cccc2c1C(=O)OC21c2ccc(O)cc2Oc2cc(O)ccc21. The molecule has 0 bridgehead atoms. The van der Waals surface area contributed by atoms with Gasteiger partial charge in [0.05, 0.1) is 5.56 Å². The van der Waals surface area contributed by atoms with Gasteiger partial charge in [-0.05, 0) is 35.7 Å². The van der Waals surface area contributed by atoms with Crippen molar-refractivity contribution in [1.29, 1.82) is 0 Å². The molecule has 5 rings (SSSR count). The van der Waals surface area contributed by atoms with E-state index < -0.39 is 5.60 Å². The fraction of sp³-hybridized carbons (Fsp3) is 0.174. The molecule has 0 radical (unpaired) electrons. The molecule has 1 spiro atoms. The molecule has 2 aliphatic rings. The Hall–Kier alpha value is -3.47. The molecule has 0 aliphatic carbocycles. The van der Waals surface area contributed by atoms with Crippen molar-refractivity contribution in [2.75, 3.05) is 0 Å². The van der Waals surface area contributed by atoms with Crippen molar-refractivity contribution in [1.82, 2.24) is 0 Å². The van der Waals surface area contributed by atoms with Crippen molar-refractivity contribution < 1.29 is 24.5 Å². The molecule has 0 amide bonds. The van der Waals surface area contributed by atoms with Gasteiger partial charge in [-0.25, -0.2) is 4.79 Å². The fourth-order valence-corrected chi connectivity index (χ4v) is 4.25. The van der Waals surface area contributed by atoms with E-state index in [0.717, 1.165) is 11.1 Å². The van der Waals surface area contributed by atoms with Crippen molar-refractivity contribution in [3.8, 4) is 23.0 Å². The molecule has 0 saturated carbocycles. The Kier molecular flexibility index (Phi) is 3.29. The number of hydrogen-bond donors (Lipinski definition) is 2. The Labute approximate surface area is 161 Å². The van der Waals surface area contributed by atoms with Gasteiger partial charge < -0.3 is 19.7 Å². The second-order valence-electron chi connectivity index (χ2n) is 7.46. The minimum absolute atomic E-state index is 0.0398. The van der Waals surface area contributed by atoms with Crippen LogP contribution in [0.25, 0.3) is 0 Å². The molecule has 2 N–H and O–H groups in total. The zero-order chi connectivity index (χ0) is 19.6. The summed E-state index contributed by atoms with van der Waals surface area (Å²) >= 11 is 0. The van der Waals surface area contributed by atoms with Gasteiger partial charge in [0.2, 0.25) is 0 Å². The van der Waals surface area contributed by atoms with E-state index in [-0.39, 0.29) is 23.4 Å². The van der Waals surface area contributed by atoms with Crippen molar-refractivity contribution in [3.05, 3.63) is 82.4 Å². The first kappa shape index (κ1) is 16.7. The van der Waals surface area contributed by atoms with Crippen LogP contribution in [0.3, 0.4) is 0 Å². The van der Waals surface area contributed by atoms with Crippen LogP contribution in [0.4, 0.5) is 0 Å². The molecular weight excluding hydrogens is 356 g/mol. The van der Waals surface area contributed by atoms with Crippen molar-refractivity contribution in [3.63, 3.8) is 0 Å². The van der Waals surface area contributed by atoms with E-state index in [1.807, 2.05) is 32.0 Å². The summed E-state index contributed by atoms with van der Waals surface area (Å²) in [7, 11) is 0. The molecule has 3 aromatic rings. The lowest BCUT2D eigenvalue weighted by atomic mass is 9.76. The average molecular weight is 374 g/mol. The first-order valence-corrected chi connectivity index (χ1v) is 9.13. The van der Waals surface area contributed by atoms with E-state index in [0.29, 0.717) is 28.2 Å². The normalized spacial score (nSPS) is 15.6. The van der Waals surface area contributed by atoms with Gasteiger partial charge in [0, 0.05) is 28.8 Å². The summed E-state index contributed by atoms with van der Waals surface area (Å²) in [5.41, 5.74) is 2.31. The first-order valence-electron chi connectivity index (χ1n) is 9.13. The zero-order valence-electron chi connectivity index (χ0n) is 15.4. The van der Waals surface area contributed by atoms with Gasteiger partial charge in [-0.2, -0.15) is 0 Å². The maximum Gasteiger partial charge on any atom is 0.340 e. The van der Waals surface area contributed by atoms with Crippen LogP contribution in [-0.2, 0) is 10.3 Å². The number of hydrogen-bond acceptors (Lipinski definition) is 5. The Morgan fingerprint density at radius 3 is 2.04 bits per heavy atom. The smallest absolute Gasteiger partial charge is 0.340 e. The highest BCUT2D eigenvalue weighted by Crippen LogP contribution is 2.57. The molecule has 0 aromatic heterocycles. The van der Waals surface area contributed by atoms with Crippen LogP contribution < -0.4 is 4.74 Å². The summed E-state index contributed by atoms with van der Waals surface area (Å²) in [5.74, 6) is 0.605. The number of carbonyl (C=O) groups is 1. The molecule has 140 valence electrons. The van der Waals surface area contributed by atoms with Gasteiger partial charge in [0.15, 0.2) is 5.60 Å². The van der Waals surface area contributed by atoms with E-state index >= 15 is 0 Å². The summed E-state index contributed by atoms with van der Waals surface area (Å²) in [6.45, 7) is 4.08. The van der Waals surface area contributed by atoms with Gasteiger partial charge in [-0.15, -0.1) is 0 Å². The second-order valence-corrected chi connectivity index (χ2v) is 7.46. The van der Waals surface area contributed by atoms with Crippen LogP contribution in [0.15, 0.2) is 54.6 Å². The Bertz CT molecular complexity index is 1090. The van der Waals surface area contributed by atoms with Gasteiger partial charge in [0.25, 0.3) is 0 Å². The number of phenols is 2. The number of ether oxygens (including phenoxy) is 2. The van der Waals surface area contributed by atoms with Crippen molar-refractivity contribution in [2.24, 2.45) is 0 Å². The van der Waals surface area contributed by atoms with Crippen LogP contribution in [0.5, 0.6) is 23.0 Å². The summed E-state index contributed by atoms with van der Waals surface area (Å²) in [6.07, 6.45) is 0. The summed E-state index contributed by atoms with van der Waals surface area (Å²) < 4.78 is 12.0. The van der Waals surface area contributed by atoms with E-state index in [9.17, 15) is 15.0 Å². The number of phenolic OH excluding ortho intramolecular Hbond substituents is 2. The predicted molar refractivity (Wildman–Crippen MR) is 102 cm³/mol. The Balaban J connectivity index is 1.90. The number of esters is 1. The largest absolute Gasteiger partial charge is 0.508 e. The minimum atomic E-state index is -1.19. The quantitative estimate of drug-likeness (QED) is 0.599. The lowest BCUT2D eigenvalue weighted by Gasteiger charge is -2.36. The maximum atomic E-state index is 13.1. The monoisotopic (exact) mass is 374 g/mol. The van der Waals surface area contributed by atoms with Gasteiger partial charge >= 0.3 is 5.97 Å². The Morgan fingerprint density at radius 2 is 1.46 bits per heavy atom. The van der Waals surface area contributed by atoms with Crippen LogP contribution in [-0.4, -0.2) is 16.2 Å². The topological polar surface area (TPSA) is 76.0 Å². The van der Waals surface area contributed by atoms with E-state index in [1.54, 1.807) is 24.3 Å². The van der Waals surface area contributed by atoms with Crippen LogP contribution in [0.1, 0.15) is 52.4 Å². The van der Waals surface area contributed by atoms with Crippen molar-refractivity contribution in [2.45, 2.75) is 25.4 Å². The molecule has 0 unspecified atom stereocenters. The molecule has 28 heavy (non-hydrogen) atoms. The highest BCUT2D eigenvalue weighted by atomic mass is 16.6. The lowest BCUT2D eigenvalue weighted by Crippen LogP contribution is -2.32. The van der Waals surface area contributed by atoms with Crippen LogP contribution in [0.2, 0.25) is 0 Å². The van der Waals surface area contributed by atoms with E-state index in [2.05, 4.69) is 0 Å². The third-order valence-corrected chi connectivity index (χ3v) is 5.46. The highest BCUT2D eigenvalue weighted by molar-refractivity contribution is 5.98. The predicted octanol–water partition coefficient (Wildman–Crippen LogP) is 4.79. The fourth-order valence-electron chi connectivity index (χ4n) is 4.25. The van der Waals surface area contributed by atoms with Gasteiger partial charge in [-0.1, -0.05) is 32.0 Å². The van der Waals surface area contributed by atoms with Crippen LogP contribution in [0, 0.1) is 0 Å². The lowest BCUT2D eigenvalue weighted by molar-refractivity contribution is 0.0223. The molecular formula is C23H18O5. The standard InChI is InChI=1S/C23H18O5/c1-12(2)15-4-3-5-18-21(15)22(26)28-23(18)16-8-6-13(24)10-19(16)27-20-11-14(25)7-9-17(20)23/h3-12,24-25H,1-2H3. The summed E-state index contributed by atoms with van der Waals surface area (Å²) in [4.78, 5) is 13.1. The maximum absolute atomic E-state index is 13.1. The summed E-state index contributed by atoms with van der Waals surface area (Å²) in [6, 6.07) is 15.3. The minimum Gasteiger partial charge on any atom is -0.508 e. The van der Waals surface area contributed by atoms with Gasteiger partial charge in [0.1, 0.15) is 23.0 Å². The molecule has 2 heterocycles. The number of rotatable bonds is 1. The zero-order valence-corrected chi connectivity index (χ0v) is 15.4. The number of benzene rings is 3. The van der Waals surface area contributed by atoms with E-state index in [4.69, 9.17) is 9.47 Å². The molecule has 0 fully saturated rings.